The highest BCUT2D eigenvalue weighted by atomic mass is 16.1. The lowest BCUT2D eigenvalue weighted by Gasteiger charge is -2.18. The van der Waals surface area contributed by atoms with Crippen molar-refractivity contribution in [1.82, 2.24) is 9.88 Å². The quantitative estimate of drug-likeness (QED) is 0.802. The second kappa shape index (κ2) is 4.19. The van der Waals surface area contributed by atoms with Crippen LogP contribution in [-0.4, -0.2) is 17.7 Å². The first-order valence-electron chi connectivity index (χ1n) is 5.56. The largest absolute Gasteiger partial charge is 0.315 e. The number of pyridine rings is 1. The van der Waals surface area contributed by atoms with Gasteiger partial charge in [0.15, 0.2) is 0 Å². The van der Waals surface area contributed by atoms with Crippen LogP contribution in [0.15, 0.2) is 23.0 Å². The smallest absolute Gasteiger partial charge is 0.250 e. The van der Waals surface area contributed by atoms with Crippen LogP contribution in [0, 0.1) is 12.8 Å². The van der Waals surface area contributed by atoms with Crippen LogP contribution in [0.1, 0.15) is 18.5 Å². The summed E-state index contributed by atoms with van der Waals surface area (Å²) in [5.74, 6) is 0.765. The number of hydrogen-bond acceptors (Lipinski definition) is 2. The normalized spacial score (nSPS) is 17.7. The SMILES string of the molecule is CNC(Cn1c(C)cccc1=O)C1CC1. The molecule has 0 radical (unpaired) electrons. The van der Waals surface area contributed by atoms with E-state index in [1.54, 1.807) is 6.07 Å². The lowest BCUT2D eigenvalue weighted by Crippen LogP contribution is -2.36. The Balaban J connectivity index is 2.18. The summed E-state index contributed by atoms with van der Waals surface area (Å²) in [5.41, 5.74) is 1.15. The van der Waals surface area contributed by atoms with Crippen molar-refractivity contribution in [2.24, 2.45) is 5.92 Å². The fraction of sp³-hybridized carbons (Fsp3) is 0.583. The van der Waals surface area contributed by atoms with E-state index in [0.717, 1.165) is 18.2 Å². The maximum absolute atomic E-state index is 11.7. The molecule has 1 aromatic heterocycles. The number of nitrogens with one attached hydrogen (secondary N) is 1. The molecule has 15 heavy (non-hydrogen) atoms. The van der Waals surface area contributed by atoms with Crippen molar-refractivity contribution >= 4 is 0 Å². The number of nitrogens with zero attached hydrogens (tertiary/aromatic N) is 1. The van der Waals surface area contributed by atoms with E-state index in [0.29, 0.717) is 6.04 Å². The van der Waals surface area contributed by atoms with E-state index in [4.69, 9.17) is 0 Å². The van der Waals surface area contributed by atoms with Gasteiger partial charge in [0.25, 0.3) is 5.56 Å². The third kappa shape index (κ3) is 2.29. The molecule has 3 nitrogen and oxygen atoms in total. The Hall–Kier alpha value is -1.09. The highest BCUT2D eigenvalue weighted by Crippen LogP contribution is 2.33. The molecule has 0 aromatic carbocycles. The molecule has 0 saturated heterocycles. The average Bonchev–Trinajstić information content (AvgIpc) is 3.01. The summed E-state index contributed by atoms with van der Waals surface area (Å²) in [6.07, 6.45) is 2.60. The Morgan fingerprint density at radius 3 is 2.80 bits per heavy atom. The van der Waals surface area contributed by atoms with E-state index in [1.807, 2.05) is 30.7 Å². The Kier molecular flexibility index (Phi) is 2.91. The minimum Gasteiger partial charge on any atom is -0.315 e. The molecule has 1 aliphatic carbocycles. The summed E-state index contributed by atoms with van der Waals surface area (Å²) >= 11 is 0. The van der Waals surface area contributed by atoms with Gasteiger partial charge in [-0.25, -0.2) is 0 Å². The third-order valence-corrected chi connectivity index (χ3v) is 3.21. The minimum atomic E-state index is 0.107. The van der Waals surface area contributed by atoms with Gasteiger partial charge in [-0.3, -0.25) is 4.79 Å². The highest BCUT2D eigenvalue weighted by Gasteiger charge is 2.30. The molecular weight excluding hydrogens is 188 g/mol. The molecule has 0 bridgehead atoms. The first-order valence-corrected chi connectivity index (χ1v) is 5.56. The Morgan fingerprint density at radius 2 is 2.27 bits per heavy atom. The molecule has 1 heterocycles. The van der Waals surface area contributed by atoms with Gasteiger partial charge in [0.2, 0.25) is 0 Å². The number of aromatic nitrogens is 1. The molecule has 1 fully saturated rings. The average molecular weight is 206 g/mol. The third-order valence-electron chi connectivity index (χ3n) is 3.21. The molecule has 0 amide bonds. The standard InChI is InChI=1S/C12H18N2O/c1-9-4-3-5-12(15)14(9)8-11(13-2)10-6-7-10/h3-5,10-11,13H,6-8H2,1-2H3. The second-order valence-corrected chi connectivity index (χ2v) is 4.35. The van der Waals surface area contributed by atoms with Crippen molar-refractivity contribution in [3.05, 3.63) is 34.2 Å². The molecule has 1 saturated carbocycles. The zero-order chi connectivity index (χ0) is 10.8. The Morgan fingerprint density at radius 1 is 1.53 bits per heavy atom. The molecule has 0 spiro atoms. The second-order valence-electron chi connectivity index (χ2n) is 4.35. The summed E-state index contributed by atoms with van der Waals surface area (Å²) in [6, 6.07) is 5.89. The van der Waals surface area contributed by atoms with Gasteiger partial charge < -0.3 is 9.88 Å². The van der Waals surface area contributed by atoms with Crippen molar-refractivity contribution in [2.75, 3.05) is 7.05 Å². The van der Waals surface area contributed by atoms with Crippen LogP contribution >= 0.6 is 0 Å². The van der Waals surface area contributed by atoms with Gasteiger partial charge in [-0.05, 0) is 38.8 Å². The minimum absolute atomic E-state index is 0.107. The van der Waals surface area contributed by atoms with Crippen LogP contribution in [0.3, 0.4) is 0 Å². The molecular formula is C12H18N2O. The van der Waals surface area contributed by atoms with E-state index in [-0.39, 0.29) is 5.56 Å². The molecule has 1 N–H and O–H groups in total. The monoisotopic (exact) mass is 206 g/mol. The van der Waals surface area contributed by atoms with Gasteiger partial charge in [-0.2, -0.15) is 0 Å². The molecule has 3 heteroatoms. The number of rotatable bonds is 4. The molecule has 1 aliphatic rings. The van der Waals surface area contributed by atoms with Gasteiger partial charge in [0.05, 0.1) is 0 Å². The van der Waals surface area contributed by atoms with Crippen LogP contribution in [0.25, 0.3) is 0 Å². The topological polar surface area (TPSA) is 34.0 Å². The predicted octanol–water partition coefficient (Wildman–Crippen LogP) is 1.15. The van der Waals surface area contributed by atoms with Crippen LogP contribution in [0.2, 0.25) is 0 Å². The molecule has 1 atom stereocenters. The summed E-state index contributed by atoms with van der Waals surface area (Å²) in [6.45, 7) is 2.79. The van der Waals surface area contributed by atoms with Crippen molar-refractivity contribution < 1.29 is 0 Å². The van der Waals surface area contributed by atoms with E-state index in [9.17, 15) is 4.79 Å². The molecule has 82 valence electrons. The van der Waals surface area contributed by atoms with Gasteiger partial charge in [0.1, 0.15) is 0 Å². The van der Waals surface area contributed by atoms with E-state index in [2.05, 4.69) is 5.32 Å². The maximum atomic E-state index is 11.7. The summed E-state index contributed by atoms with van der Waals surface area (Å²) < 4.78 is 1.86. The zero-order valence-electron chi connectivity index (χ0n) is 9.36. The molecule has 1 unspecified atom stereocenters. The molecule has 2 rings (SSSR count). The lowest BCUT2D eigenvalue weighted by molar-refractivity contribution is 0.425. The van der Waals surface area contributed by atoms with Crippen LogP contribution in [0.5, 0.6) is 0 Å². The Labute approximate surface area is 90.1 Å². The summed E-state index contributed by atoms with van der Waals surface area (Å²) in [5, 5.41) is 3.31. The van der Waals surface area contributed by atoms with Gasteiger partial charge in [0, 0.05) is 24.3 Å². The lowest BCUT2D eigenvalue weighted by atomic mass is 10.2. The molecule has 0 aliphatic heterocycles. The van der Waals surface area contributed by atoms with Crippen molar-refractivity contribution in [3.8, 4) is 0 Å². The zero-order valence-corrected chi connectivity index (χ0v) is 9.36. The predicted molar refractivity (Wildman–Crippen MR) is 61.0 cm³/mol. The van der Waals surface area contributed by atoms with E-state index < -0.39 is 0 Å². The number of hydrogen-bond donors (Lipinski definition) is 1. The van der Waals surface area contributed by atoms with Gasteiger partial charge in [-0.1, -0.05) is 6.07 Å². The highest BCUT2D eigenvalue weighted by molar-refractivity contribution is 5.05. The van der Waals surface area contributed by atoms with Crippen molar-refractivity contribution in [2.45, 2.75) is 32.4 Å². The molecule has 1 aromatic rings. The number of likely N-dealkylation sites (N-methyl/N-ethyl adjacent to an activating group) is 1. The van der Waals surface area contributed by atoms with Crippen LogP contribution < -0.4 is 10.9 Å². The summed E-state index contributed by atoms with van der Waals surface area (Å²) in [7, 11) is 1.98. The van der Waals surface area contributed by atoms with E-state index >= 15 is 0 Å². The fourth-order valence-corrected chi connectivity index (χ4v) is 2.03. The first kappa shape index (κ1) is 10.4. The first-order chi connectivity index (χ1) is 7.22. The number of aryl methyl sites for hydroxylation is 1. The Bertz CT molecular complexity index is 393. The van der Waals surface area contributed by atoms with Crippen molar-refractivity contribution in [3.63, 3.8) is 0 Å². The van der Waals surface area contributed by atoms with Crippen LogP contribution in [0.4, 0.5) is 0 Å². The van der Waals surface area contributed by atoms with Crippen LogP contribution in [-0.2, 0) is 6.54 Å². The maximum Gasteiger partial charge on any atom is 0.250 e. The van der Waals surface area contributed by atoms with Crippen molar-refractivity contribution in [1.29, 1.82) is 0 Å². The summed E-state index contributed by atoms with van der Waals surface area (Å²) in [4.78, 5) is 11.7. The van der Waals surface area contributed by atoms with E-state index in [1.165, 1.54) is 12.8 Å². The fourth-order valence-electron chi connectivity index (χ4n) is 2.03. The van der Waals surface area contributed by atoms with Gasteiger partial charge in [-0.15, -0.1) is 0 Å². The van der Waals surface area contributed by atoms with Gasteiger partial charge >= 0.3 is 0 Å².